The molecule has 0 aromatic heterocycles. The highest BCUT2D eigenvalue weighted by Gasteiger charge is 2.08. The molecule has 4 N–H and O–H groups in total. The van der Waals surface area contributed by atoms with Gasteiger partial charge in [-0.3, -0.25) is 9.59 Å². The maximum atomic E-state index is 12.0. The first-order valence-electron chi connectivity index (χ1n) is 10.8. The third kappa shape index (κ3) is 10.5. The summed E-state index contributed by atoms with van der Waals surface area (Å²) in [6, 6.07) is 14.4. The monoisotopic (exact) mass is 458 g/mol. The lowest BCUT2D eigenvalue weighted by atomic mass is 10.2. The number of ether oxygens (including phenoxy) is 3. The SMILES string of the molecule is COCC(C)NCC(=O)Nc1ccc(Oc2ccc(NC(=O)CNC(C)COC)cc2)cc1. The zero-order valence-electron chi connectivity index (χ0n) is 19.6. The largest absolute Gasteiger partial charge is 0.457 e. The Labute approximate surface area is 195 Å². The van der Waals surface area contributed by atoms with E-state index in [1.165, 1.54) is 0 Å². The molecular formula is C24H34N4O5. The summed E-state index contributed by atoms with van der Waals surface area (Å²) in [6.07, 6.45) is 0. The molecule has 0 fully saturated rings. The zero-order chi connectivity index (χ0) is 24.1. The third-order valence-corrected chi connectivity index (χ3v) is 4.57. The zero-order valence-corrected chi connectivity index (χ0v) is 19.6. The van der Waals surface area contributed by atoms with E-state index in [2.05, 4.69) is 21.3 Å². The summed E-state index contributed by atoms with van der Waals surface area (Å²) in [4.78, 5) is 24.0. The molecule has 0 saturated carbocycles. The Morgan fingerprint density at radius 2 is 1.06 bits per heavy atom. The second-order valence-corrected chi connectivity index (χ2v) is 7.72. The maximum Gasteiger partial charge on any atom is 0.238 e. The number of methoxy groups -OCH3 is 2. The van der Waals surface area contributed by atoms with Crippen molar-refractivity contribution in [1.29, 1.82) is 0 Å². The molecule has 0 heterocycles. The number of amides is 2. The Kier molecular flexibility index (Phi) is 11.3. The standard InChI is InChI=1S/C24H34N4O5/c1-17(15-31-3)25-13-23(29)27-19-5-9-21(10-6-19)33-22-11-7-20(8-12-22)28-24(30)14-26-18(2)16-32-4/h5-12,17-18,25-26H,13-16H2,1-4H3,(H,27,29)(H,28,30). The van der Waals surface area contributed by atoms with E-state index in [4.69, 9.17) is 14.2 Å². The average molecular weight is 459 g/mol. The van der Waals surface area contributed by atoms with Gasteiger partial charge in [0, 0.05) is 37.7 Å². The summed E-state index contributed by atoms with van der Waals surface area (Å²) >= 11 is 0. The summed E-state index contributed by atoms with van der Waals surface area (Å²) in [5.41, 5.74) is 1.36. The molecule has 0 spiro atoms. The molecule has 0 aliphatic rings. The van der Waals surface area contributed by atoms with Crippen molar-refractivity contribution in [3.05, 3.63) is 48.5 Å². The van der Waals surface area contributed by atoms with Crippen LogP contribution >= 0.6 is 0 Å². The first-order chi connectivity index (χ1) is 15.9. The second-order valence-electron chi connectivity index (χ2n) is 7.72. The highest BCUT2D eigenvalue weighted by atomic mass is 16.5. The van der Waals surface area contributed by atoms with E-state index in [-0.39, 0.29) is 37.0 Å². The minimum Gasteiger partial charge on any atom is -0.457 e. The van der Waals surface area contributed by atoms with Crippen molar-refractivity contribution >= 4 is 23.2 Å². The van der Waals surface area contributed by atoms with Gasteiger partial charge in [0.25, 0.3) is 0 Å². The minimum atomic E-state index is -0.132. The van der Waals surface area contributed by atoms with Crippen LogP contribution in [0, 0.1) is 0 Å². The molecule has 0 aliphatic heterocycles. The van der Waals surface area contributed by atoms with Crippen LogP contribution in [0.3, 0.4) is 0 Å². The van der Waals surface area contributed by atoms with E-state index >= 15 is 0 Å². The highest BCUT2D eigenvalue weighted by Crippen LogP contribution is 2.24. The summed E-state index contributed by atoms with van der Waals surface area (Å²) in [5.74, 6) is 1.00. The van der Waals surface area contributed by atoms with Crippen molar-refractivity contribution in [2.45, 2.75) is 25.9 Å². The van der Waals surface area contributed by atoms with Gasteiger partial charge in [0.1, 0.15) is 11.5 Å². The molecule has 2 aromatic carbocycles. The van der Waals surface area contributed by atoms with Crippen molar-refractivity contribution in [2.24, 2.45) is 0 Å². The van der Waals surface area contributed by atoms with E-state index in [0.717, 1.165) is 0 Å². The topological polar surface area (TPSA) is 110 Å². The number of hydrogen-bond acceptors (Lipinski definition) is 7. The molecule has 0 aliphatic carbocycles. The quantitative estimate of drug-likeness (QED) is 0.344. The number of hydrogen-bond donors (Lipinski definition) is 4. The van der Waals surface area contributed by atoms with Gasteiger partial charge >= 0.3 is 0 Å². The number of carbonyl (C=O) groups is 2. The molecule has 9 nitrogen and oxygen atoms in total. The lowest BCUT2D eigenvalue weighted by molar-refractivity contribution is -0.116. The fourth-order valence-corrected chi connectivity index (χ4v) is 2.91. The summed E-state index contributed by atoms with van der Waals surface area (Å²) in [7, 11) is 3.25. The molecule has 2 aromatic rings. The van der Waals surface area contributed by atoms with Gasteiger partial charge in [-0.15, -0.1) is 0 Å². The van der Waals surface area contributed by atoms with Crippen LogP contribution in [-0.4, -0.2) is 64.4 Å². The predicted molar refractivity (Wildman–Crippen MR) is 129 cm³/mol. The first-order valence-corrected chi connectivity index (χ1v) is 10.8. The second kappa shape index (κ2) is 14.2. The van der Waals surface area contributed by atoms with Crippen LogP contribution in [0.4, 0.5) is 11.4 Å². The van der Waals surface area contributed by atoms with Crippen LogP contribution in [0.5, 0.6) is 11.5 Å². The molecule has 0 radical (unpaired) electrons. The van der Waals surface area contributed by atoms with Gasteiger partial charge in [0.05, 0.1) is 26.3 Å². The van der Waals surface area contributed by atoms with Crippen LogP contribution in [0.25, 0.3) is 0 Å². The van der Waals surface area contributed by atoms with Crippen molar-refractivity contribution in [2.75, 3.05) is 51.2 Å². The Morgan fingerprint density at radius 3 is 1.39 bits per heavy atom. The summed E-state index contributed by atoms with van der Waals surface area (Å²) < 4.78 is 15.9. The number of rotatable bonds is 14. The van der Waals surface area contributed by atoms with Crippen LogP contribution < -0.4 is 26.0 Å². The molecule has 0 saturated heterocycles. The molecule has 2 atom stereocenters. The lowest BCUT2D eigenvalue weighted by Gasteiger charge is -2.13. The van der Waals surface area contributed by atoms with E-state index in [9.17, 15) is 9.59 Å². The Hall–Kier alpha value is -2.98. The minimum absolute atomic E-state index is 0.0949. The predicted octanol–water partition coefficient (Wildman–Crippen LogP) is 2.60. The normalized spacial score (nSPS) is 12.6. The Bertz CT molecular complexity index is 787. The van der Waals surface area contributed by atoms with Crippen LogP contribution in [0.15, 0.2) is 48.5 Å². The summed E-state index contributed by atoms with van der Waals surface area (Å²) in [6.45, 7) is 5.38. The van der Waals surface area contributed by atoms with Crippen LogP contribution in [-0.2, 0) is 19.1 Å². The molecule has 0 bridgehead atoms. The van der Waals surface area contributed by atoms with Gasteiger partial charge in [0.2, 0.25) is 11.8 Å². The fraction of sp³-hybridized carbons (Fsp3) is 0.417. The van der Waals surface area contributed by atoms with Crippen LogP contribution in [0.2, 0.25) is 0 Å². The van der Waals surface area contributed by atoms with Gasteiger partial charge in [-0.1, -0.05) is 0 Å². The number of nitrogens with one attached hydrogen (secondary N) is 4. The number of carbonyl (C=O) groups excluding carboxylic acids is 2. The molecule has 9 heteroatoms. The average Bonchev–Trinajstić information content (AvgIpc) is 2.79. The fourth-order valence-electron chi connectivity index (χ4n) is 2.91. The van der Waals surface area contributed by atoms with Gasteiger partial charge in [0.15, 0.2) is 0 Å². The van der Waals surface area contributed by atoms with E-state index < -0.39 is 0 Å². The number of benzene rings is 2. The van der Waals surface area contributed by atoms with Crippen molar-refractivity contribution in [3.8, 4) is 11.5 Å². The van der Waals surface area contributed by atoms with Gasteiger partial charge in [-0.25, -0.2) is 0 Å². The van der Waals surface area contributed by atoms with Crippen LogP contribution in [0.1, 0.15) is 13.8 Å². The van der Waals surface area contributed by atoms with Crippen molar-refractivity contribution < 1.29 is 23.8 Å². The molecule has 2 amide bonds. The lowest BCUT2D eigenvalue weighted by Crippen LogP contribution is -2.36. The van der Waals surface area contributed by atoms with Gasteiger partial charge in [-0.05, 0) is 62.4 Å². The Balaban J connectivity index is 1.78. The first kappa shape index (κ1) is 26.3. The molecule has 2 unspecified atom stereocenters. The highest BCUT2D eigenvalue weighted by molar-refractivity contribution is 5.92. The Morgan fingerprint density at radius 1 is 0.697 bits per heavy atom. The van der Waals surface area contributed by atoms with Gasteiger partial charge in [-0.2, -0.15) is 0 Å². The van der Waals surface area contributed by atoms with Crippen molar-refractivity contribution in [3.63, 3.8) is 0 Å². The summed E-state index contributed by atoms with van der Waals surface area (Å²) in [5, 5.41) is 11.8. The van der Waals surface area contributed by atoms with Gasteiger partial charge < -0.3 is 35.5 Å². The van der Waals surface area contributed by atoms with E-state index in [1.807, 2.05) is 13.8 Å². The smallest absolute Gasteiger partial charge is 0.238 e. The molecule has 180 valence electrons. The number of anilines is 2. The van der Waals surface area contributed by atoms with E-state index in [1.54, 1.807) is 62.8 Å². The van der Waals surface area contributed by atoms with E-state index in [0.29, 0.717) is 36.1 Å². The molecule has 2 rings (SSSR count). The third-order valence-electron chi connectivity index (χ3n) is 4.57. The molecular weight excluding hydrogens is 424 g/mol. The molecule has 33 heavy (non-hydrogen) atoms. The van der Waals surface area contributed by atoms with Crippen molar-refractivity contribution in [1.82, 2.24) is 10.6 Å². The maximum absolute atomic E-state index is 12.0.